The number of methoxy groups -OCH3 is 2. The molecule has 1 aliphatic rings. The zero-order chi connectivity index (χ0) is 21.3. The second-order valence-corrected chi connectivity index (χ2v) is 6.37. The molecule has 1 aliphatic heterocycles. The molecule has 0 saturated carbocycles. The molecule has 1 aromatic carbocycles. The summed E-state index contributed by atoms with van der Waals surface area (Å²) in [6, 6.07) is 5.66. The zero-order valence-corrected chi connectivity index (χ0v) is 15.8. The van der Waals surface area contributed by atoms with Crippen LogP contribution in [0.15, 0.2) is 35.3 Å². The van der Waals surface area contributed by atoms with Gasteiger partial charge in [0.1, 0.15) is 23.4 Å². The van der Waals surface area contributed by atoms with Gasteiger partial charge >= 0.3 is 11.6 Å². The second-order valence-electron chi connectivity index (χ2n) is 6.37. The Morgan fingerprint density at radius 2 is 1.90 bits per heavy atom. The Kier molecular flexibility index (Phi) is 5.53. The largest absolute Gasteiger partial charge is 0.497 e. The summed E-state index contributed by atoms with van der Waals surface area (Å²) in [4.78, 5) is 28.3. The molecule has 2 unspecified atom stereocenters. The number of amides is 1. The Labute approximate surface area is 163 Å². The van der Waals surface area contributed by atoms with E-state index < -0.39 is 36.0 Å². The molecule has 1 aromatic heterocycles. The molecule has 3 rings (SSSR count). The third-order valence-corrected chi connectivity index (χ3v) is 4.45. The molecule has 1 fully saturated rings. The molecule has 1 saturated heterocycles. The van der Waals surface area contributed by atoms with Crippen molar-refractivity contribution in [3.63, 3.8) is 0 Å². The van der Waals surface area contributed by atoms with Crippen molar-refractivity contribution in [1.29, 1.82) is 0 Å². The summed E-state index contributed by atoms with van der Waals surface area (Å²) in [6.45, 7) is 1.27. The van der Waals surface area contributed by atoms with Crippen LogP contribution in [0.2, 0.25) is 0 Å². The summed E-state index contributed by atoms with van der Waals surface area (Å²) in [7, 11) is 2.85. The first-order valence-electron chi connectivity index (χ1n) is 8.52. The molecule has 2 aromatic rings. The fourth-order valence-electron chi connectivity index (χ4n) is 2.87. The van der Waals surface area contributed by atoms with E-state index in [4.69, 9.17) is 14.2 Å². The van der Waals surface area contributed by atoms with Crippen LogP contribution in [0, 0.1) is 0 Å². The van der Waals surface area contributed by atoms with Crippen LogP contribution in [0.3, 0.4) is 0 Å². The maximum absolute atomic E-state index is 14.1. The van der Waals surface area contributed by atoms with Gasteiger partial charge in [0.25, 0.3) is 5.91 Å². The van der Waals surface area contributed by atoms with Gasteiger partial charge in [-0.25, -0.2) is 4.79 Å². The molecule has 0 spiro atoms. The van der Waals surface area contributed by atoms with E-state index in [1.165, 1.54) is 39.3 Å². The number of carbonyl (C=O) groups excluding carboxylic acids is 1. The van der Waals surface area contributed by atoms with Crippen molar-refractivity contribution in [3.8, 4) is 11.5 Å². The smallest absolute Gasteiger partial charge is 0.351 e. The first-order chi connectivity index (χ1) is 13.7. The van der Waals surface area contributed by atoms with Crippen LogP contribution in [0.25, 0.3) is 0 Å². The maximum Gasteiger partial charge on any atom is 0.351 e. The van der Waals surface area contributed by atoms with E-state index in [0.29, 0.717) is 16.1 Å². The van der Waals surface area contributed by atoms with Crippen LogP contribution < -0.4 is 20.5 Å². The standard InChI is InChI=1S/C18H19F2N3O6/c1-9-14(24)18(19,20)16(29-9)23-5-4-13(22-17(23)26)21-15(25)10-6-11(27-2)8-12(7-10)28-3/h4-9,14,16,24H,1-3H3,(H,21,22,25,26)/t9?,14-,16?/m1/s1. The number of hydrogen-bond acceptors (Lipinski definition) is 7. The molecular weight excluding hydrogens is 392 g/mol. The lowest BCUT2D eigenvalue weighted by molar-refractivity contribution is -0.140. The molecule has 11 heteroatoms. The topological polar surface area (TPSA) is 112 Å². The van der Waals surface area contributed by atoms with Crippen LogP contribution in [0.5, 0.6) is 11.5 Å². The summed E-state index contributed by atoms with van der Waals surface area (Å²) >= 11 is 0. The van der Waals surface area contributed by atoms with Crippen molar-refractivity contribution in [1.82, 2.24) is 9.55 Å². The predicted molar refractivity (Wildman–Crippen MR) is 96.5 cm³/mol. The first kappa shape index (κ1) is 20.7. The minimum Gasteiger partial charge on any atom is -0.497 e. The highest BCUT2D eigenvalue weighted by atomic mass is 19.3. The van der Waals surface area contributed by atoms with E-state index in [2.05, 4.69) is 10.3 Å². The molecule has 3 atom stereocenters. The lowest BCUT2D eigenvalue weighted by Crippen LogP contribution is -2.41. The van der Waals surface area contributed by atoms with E-state index in [-0.39, 0.29) is 11.4 Å². The Morgan fingerprint density at radius 3 is 2.38 bits per heavy atom. The van der Waals surface area contributed by atoms with Crippen molar-refractivity contribution in [2.24, 2.45) is 0 Å². The van der Waals surface area contributed by atoms with Gasteiger partial charge in [-0.3, -0.25) is 9.36 Å². The van der Waals surface area contributed by atoms with Gasteiger partial charge in [0, 0.05) is 17.8 Å². The average molecular weight is 411 g/mol. The Balaban J connectivity index is 1.83. The number of aliphatic hydroxyl groups excluding tert-OH is 1. The molecule has 156 valence electrons. The monoisotopic (exact) mass is 411 g/mol. The van der Waals surface area contributed by atoms with Crippen molar-refractivity contribution >= 4 is 11.7 Å². The molecule has 1 amide bonds. The summed E-state index contributed by atoms with van der Waals surface area (Å²) in [5.74, 6) is -3.67. The Hall–Kier alpha value is -3.05. The number of hydrogen-bond donors (Lipinski definition) is 2. The second kappa shape index (κ2) is 7.76. The number of benzene rings is 1. The van der Waals surface area contributed by atoms with Gasteiger partial charge < -0.3 is 24.6 Å². The lowest BCUT2D eigenvalue weighted by atomic mass is 10.1. The number of alkyl halides is 2. The van der Waals surface area contributed by atoms with Crippen LogP contribution >= 0.6 is 0 Å². The summed E-state index contributed by atoms with van der Waals surface area (Å²) < 4.78 is 44.0. The number of halogens is 2. The van der Waals surface area contributed by atoms with Gasteiger partial charge in [0.15, 0.2) is 0 Å². The summed E-state index contributed by atoms with van der Waals surface area (Å²) in [5.41, 5.74) is -0.896. The number of aliphatic hydroxyl groups is 1. The van der Waals surface area contributed by atoms with Gasteiger partial charge in [0.05, 0.1) is 20.3 Å². The highest BCUT2D eigenvalue weighted by Gasteiger charge is 2.58. The third kappa shape index (κ3) is 3.91. The number of ether oxygens (including phenoxy) is 3. The third-order valence-electron chi connectivity index (χ3n) is 4.45. The van der Waals surface area contributed by atoms with Gasteiger partial charge in [-0.2, -0.15) is 13.8 Å². The fourth-order valence-corrected chi connectivity index (χ4v) is 2.87. The highest BCUT2D eigenvalue weighted by Crippen LogP contribution is 2.41. The van der Waals surface area contributed by atoms with Crippen LogP contribution in [-0.4, -0.2) is 52.9 Å². The molecular formula is C18H19F2N3O6. The van der Waals surface area contributed by atoms with Crippen LogP contribution in [-0.2, 0) is 4.74 Å². The van der Waals surface area contributed by atoms with Crippen molar-refractivity contribution in [2.75, 3.05) is 19.5 Å². The van der Waals surface area contributed by atoms with Crippen LogP contribution in [0.4, 0.5) is 14.6 Å². The number of carbonyl (C=O) groups is 1. The molecule has 2 N–H and O–H groups in total. The van der Waals surface area contributed by atoms with Gasteiger partial charge in [-0.15, -0.1) is 0 Å². The van der Waals surface area contributed by atoms with E-state index in [9.17, 15) is 23.5 Å². The van der Waals surface area contributed by atoms with E-state index in [1.54, 1.807) is 6.07 Å². The Bertz CT molecular complexity index is 958. The molecule has 29 heavy (non-hydrogen) atoms. The summed E-state index contributed by atoms with van der Waals surface area (Å²) in [5, 5.41) is 12.0. The lowest BCUT2D eigenvalue weighted by Gasteiger charge is -2.21. The molecule has 2 heterocycles. The Morgan fingerprint density at radius 1 is 1.28 bits per heavy atom. The van der Waals surface area contributed by atoms with Crippen molar-refractivity contribution in [2.45, 2.75) is 31.3 Å². The zero-order valence-electron chi connectivity index (χ0n) is 15.8. The molecule has 9 nitrogen and oxygen atoms in total. The fraction of sp³-hybridized carbons (Fsp3) is 0.389. The van der Waals surface area contributed by atoms with Crippen molar-refractivity contribution in [3.05, 3.63) is 46.5 Å². The van der Waals surface area contributed by atoms with E-state index in [0.717, 1.165) is 6.20 Å². The van der Waals surface area contributed by atoms with Gasteiger partial charge in [0.2, 0.25) is 6.23 Å². The average Bonchev–Trinajstić information content (AvgIpc) is 2.90. The normalized spacial score (nSPS) is 22.9. The number of rotatable bonds is 5. The van der Waals surface area contributed by atoms with E-state index >= 15 is 0 Å². The summed E-state index contributed by atoms with van der Waals surface area (Å²) in [6.07, 6.45) is -4.20. The number of anilines is 1. The van der Waals surface area contributed by atoms with E-state index in [1.807, 2.05) is 0 Å². The number of nitrogens with zero attached hydrogens (tertiary/aromatic N) is 2. The quantitative estimate of drug-likeness (QED) is 0.765. The van der Waals surface area contributed by atoms with Crippen LogP contribution in [0.1, 0.15) is 23.5 Å². The highest BCUT2D eigenvalue weighted by molar-refractivity contribution is 6.04. The van der Waals surface area contributed by atoms with Crippen molar-refractivity contribution < 1.29 is 32.9 Å². The minimum absolute atomic E-state index is 0.145. The first-order valence-corrected chi connectivity index (χ1v) is 8.52. The number of aromatic nitrogens is 2. The van der Waals surface area contributed by atoms with Gasteiger partial charge in [-0.1, -0.05) is 0 Å². The molecule has 0 radical (unpaired) electrons. The maximum atomic E-state index is 14.1. The predicted octanol–water partition coefficient (Wildman–Crippen LogP) is 1.43. The SMILES string of the molecule is COc1cc(OC)cc(C(=O)Nc2ccn(C3OC(C)[C@@H](O)C3(F)F)c(=O)n2)c1. The molecule has 0 bridgehead atoms. The minimum atomic E-state index is -3.67. The molecule has 0 aliphatic carbocycles. The number of nitrogens with one attached hydrogen (secondary N) is 1. The van der Waals surface area contributed by atoms with Gasteiger partial charge in [-0.05, 0) is 25.1 Å².